The highest BCUT2D eigenvalue weighted by atomic mass is 16.5. The first kappa shape index (κ1) is 9.96. The molecule has 2 N–H and O–H groups in total. The van der Waals surface area contributed by atoms with Crippen molar-refractivity contribution in [3.05, 3.63) is 0 Å². The fourth-order valence-corrected chi connectivity index (χ4v) is 1.52. The van der Waals surface area contributed by atoms with Crippen molar-refractivity contribution in [1.82, 2.24) is 5.32 Å². The minimum Gasteiger partial charge on any atom is -0.392 e. The van der Waals surface area contributed by atoms with Crippen molar-refractivity contribution in [2.75, 3.05) is 19.7 Å². The lowest BCUT2D eigenvalue weighted by Crippen LogP contribution is -2.39. The van der Waals surface area contributed by atoms with Crippen LogP contribution in [0.3, 0.4) is 0 Å². The van der Waals surface area contributed by atoms with Crippen LogP contribution < -0.4 is 5.32 Å². The number of aliphatic hydroxyl groups excluding tert-OH is 1. The van der Waals surface area contributed by atoms with Crippen LogP contribution in [-0.4, -0.2) is 36.5 Å². The molecule has 12 heavy (non-hydrogen) atoms. The van der Waals surface area contributed by atoms with E-state index in [9.17, 15) is 0 Å². The van der Waals surface area contributed by atoms with Crippen molar-refractivity contribution in [3.8, 4) is 0 Å². The monoisotopic (exact) mass is 173 g/mol. The van der Waals surface area contributed by atoms with Crippen molar-refractivity contribution in [3.63, 3.8) is 0 Å². The molecule has 72 valence electrons. The van der Waals surface area contributed by atoms with Crippen LogP contribution in [0.1, 0.15) is 26.7 Å². The Balaban J connectivity index is 2.13. The van der Waals surface area contributed by atoms with Gasteiger partial charge < -0.3 is 15.2 Å². The third-order valence-electron chi connectivity index (χ3n) is 2.24. The molecule has 0 bridgehead atoms. The molecule has 1 heterocycles. The standard InChI is InChI=1S/C9H19NO2/c1-8(11)6-10-7-9(2)4-3-5-12-9/h8,10-11H,3-7H2,1-2H3. The number of ether oxygens (including phenoxy) is 1. The summed E-state index contributed by atoms with van der Waals surface area (Å²) in [6.45, 7) is 6.28. The summed E-state index contributed by atoms with van der Waals surface area (Å²) in [5.74, 6) is 0. The molecule has 0 amide bonds. The second-order valence-electron chi connectivity index (χ2n) is 3.88. The molecule has 1 aliphatic heterocycles. The van der Waals surface area contributed by atoms with Crippen LogP contribution in [0.4, 0.5) is 0 Å². The zero-order valence-electron chi connectivity index (χ0n) is 7.97. The molecule has 1 saturated heterocycles. The summed E-state index contributed by atoms with van der Waals surface area (Å²) in [5.41, 5.74) is 0.00882. The third-order valence-corrected chi connectivity index (χ3v) is 2.24. The first-order valence-electron chi connectivity index (χ1n) is 4.65. The SMILES string of the molecule is CC(O)CNCC1(C)CCCO1. The predicted octanol–water partition coefficient (Wildman–Crippen LogP) is 0.526. The van der Waals surface area contributed by atoms with Gasteiger partial charge in [0.15, 0.2) is 0 Å². The second kappa shape index (κ2) is 4.21. The number of nitrogens with one attached hydrogen (secondary N) is 1. The fourth-order valence-electron chi connectivity index (χ4n) is 1.52. The van der Waals surface area contributed by atoms with Crippen molar-refractivity contribution < 1.29 is 9.84 Å². The molecule has 0 saturated carbocycles. The van der Waals surface area contributed by atoms with Crippen LogP contribution in [-0.2, 0) is 4.74 Å². The molecule has 1 rings (SSSR count). The summed E-state index contributed by atoms with van der Waals surface area (Å²) >= 11 is 0. The lowest BCUT2D eigenvalue weighted by molar-refractivity contribution is 0.0190. The maximum Gasteiger partial charge on any atom is 0.0779 e. The Kier molecular flexibility index (Phi) is 3.50. The molecule has 0 aromatic rings. The second-order valence-corrected chi connectivity index (χ2v) is 3.88. The summed E-state index contributed by atoms with van der Waals surface area (Å²) in [6, 6.07) is 0. The van der Waals surface area contributed by atoms with E-state index in [2.05, 4.69) is 12.2 Å². The highest BCUT2D eigenvalue weighted by Crippen LogP contribution is 2.23. The van der Waals surface area contributed by atoms with Crippen molar-refractivity contribution in [1.29, 1.82) is 0 Å². The average Bonchev–Trinajstić information content (AvgIpc) is 2.35. The number of hydrogen-bond acceptors (Lipinski definition) is 3. The largest absolute Gasteiger partial charge is 0.392 e. The maximum atomic E-state index is 9.01. The van der Waals surface area contributed by atoms with Crippen LogP contribution in [0.5, 0.6) is 0 Å². The Labute approximate surface area is 74.1 Å². The Hall–Kier alpha value is -0.120. The van der Waals surface area contributed by atoms with E-state index in [0.29, 0.717) is 6.54 Å². The number of aliphatic hydroxyl groups is 1. The van der Waals surface area contributed by atoms with E-state index in [1.54, 1.807) is 6.92 Å². The van der Waals surface area contributed by atoms with E-state index in [0.717, 1.165) is 26.0 Å². The van der Waals surface area contributed by atoms with Gasteiger partial charge >= 0.3 is 0 Å². The highest BCUT2D eigenvalue weighted by molar-refractivity contribution is 4.82. The fraction of sp³-hybridized carbons (Fsp3) is 1.00. The molecule has 2 atom stereocenters. The Morgan fingerprint density at radius 3 is 2.92 bits per heavy atom. The lowest BCUT2D eigenvalue weighted by Gasteiger charge is -2.23. The van der Waals surface area contributed by atoms with Gasteiger partial charge in [-0.3, -0.25) is 0 Å². The first-order valence-corrected chi connectivity index (χ1v) is 4.65. The molecule has 0 aromatic carbocycles. The summed E-state index contributed by atoms with van der Waals surface area (Å²) in [5, 5.41) is 12.2. The van der Waals surface area contributed by atoms with Gasteiger partial charge in [0.05, 0.1) is 11.7 Å². The van der Waals surface area contributed by atoms with E-state index in [1.165, 1.54) is 0 Å². The lowest BCUT2D eigenvalue weighted by atomic mass is 10.0. The Morgan fingerprint density at radius 2 is 2.42 bits per heavy atom. The van der Waals surface area contributed by atoms with E-state index in [-0.39, 0.29) is 11.7 Å². The van der Waals surface area contributed by atoms with Crippen LogP contribution >= 0.6 is 0 Å². The minimum atomic E-state index is -0.269. The van der Waals surface area contributed by atoms with Gasteiger partial charge in [0.25, 0.3) is 0 Å². The smallest absolute Gasteiger partial charge is 0.0779 e. The molecule has 2 unspecified atom stereocenters. The molecular weight excluding hydrogens is 154 g/mol. The normalized spacial score (nSPS) is 32.2. The molecular formula is C9H19NO2. The van der Waals surface area contributed by atoms with Gasteiger partial charge in [-0.25, -0.2) is 0 Å². The number of rotatable bonds is 4. The van der Waals surface area contributed by atoms with E-state index in [1.807, 2.05) is 0 Å². The van der Waals surface area contributed by atoms with E-state index in [4.69, 9.17) is 9.84 Å². The summed E-state index contributed by atoms with van der Waals surface area (Å²) in [7, 11) is 0. The Morgan fingerprint density at radius 1 is 1.67 bits per heavy atom. The number of hydrogen-bond donors (Lipinski definition) is 2. The van der Waals surface area contributed by atoms with Crippen LogP contribution in [0, 0.1) is 0 Å². The van der Waals surface area contributed by atoms with Gasteiger partial charge in [-0.1, -0.05) is 0 Å². The topological polar surface area (TPSA) is 41.5 Å². The van der Waals surface area contributed by atoms with Crippen LogP contribution in [0.15, 0.2) is 0 Å². The molecule has 0 radical (unpaired) electrons. The predicted molar refractivity (Wildman–Crippen MR) is 48.1 cm³/mol. The van der Waals surface area contributed by atoms with Crippen molar-refractivity contribution in [2.24, 2.45) is 0 Å². The van der Waals surface area contributed by atoms with Gasteiger partial charge in [-0.15, -0.1) is 0 Å². The van der Waals surface area contributed by atoms with E-state index < -0.39 is 0 Å². The zero-order valence-corrected chi connectivity index (χ0v) is 7.97. The van der Waals surface area contributed by atoms with Crippen molar-refractivity contribution in [2.45, 2.75) is 38.4 Å². The summed E-state index contributed by atoms with van der Waals surface area (Å²) < 4.78 is 5.58. The minimum absolute atomic E-state index is 0.00882. The van der Waals surface area contributed by atoms with Gasteiger partial charge in [-0.05, 0) is 26.7 Å². The molecule has 1 fully saturated rings. The first-order chi connectivity index (χ1) is 5.62. The zero-order chi connectivity index (χ0) is 9.03. The van der Waals surface area contributed by atoms with E-state index >= 15 is 0 Å². The van der Waals surface area contributed by atoms with Gasteiger partial charge in [0.2, 0.25) is 0 Å². The molecule has 3 heteroatoms. The Bertz CT molecular complexity index is 130. The summed E-state index contributed by atoms with van der Waals surface area (Å²) in [4.78, 5) is 0. The molecule has 3 nitrogen and oxygen atoms in total. The van der Waals surface area contributed by atoms with Gasteiger partial charge in [0.1, 0.15) is 0 Å². The molecule has 0 aromatic heterocycles. The van der Waals surface area contributed by atoms with Crippen LogP contribution in [0.2, 0.25) is 0 Å². The quantitative estimate of drug-likeness (QED) is 0.651. The highest BCUT2D eigenvalue weighted by Gasteiger charge is 2.28. The molecule has 0 spiro atoms. The van der Waals surface area contributed by atoms with Crippen molar-refractivity contribution >= 4 is 0 Å². The summed E-state index contributed by atoms with van der Waals surface area (Å²) in [6.07, 6.45) is 2.02. The average molecular weight is 173 g/mol. The molecule has 0 aliphatic carbocycles. The molecule has 1 aliphatic rings. The third kappa shape index (κ3) is 3.09. The van der Waals surface area contributed by atoms with Gasteiger partial charge in [-0.2, -0.15) is 0 Å². The maximum absolute atomic E-state index is 9.01. The van der Waals surface area contributed by atoms with Crippen LogP contribution in [0.25, 0.3) is 0 Å². The van der Waals surface area contributed by atoms with Gasteiger partial charge in [0, 0.05) is 19.7 Å².